The zero-order valence-corrected chi connectivity index (χ0v) is 11.5. The molecule has 1 nitrogen and oxygen atoms in total. The van der Waals surface area contributed by atoms with Gasteiger partial charge in [-0.05, 0) is 55.1 Å². The van der Waals surface area contributed by atoms with Crippen LogP contribution in [0.5, 0.6) is 0 Å². The Kier molecular flexibility index (Phi) is 3.56. The van der Waals surface area contributed by atoms with Gasteiger partial charge in [0.25, 0.3) is 0 Å². The van der Waals surface area contributed by atoms with Crippen LogP contribution in [0.1, 0.15) is 10.4 Å². The fourth-order valence-electron chi connectivity index (χ4n) is 1.49. The zero-order chi connectivity index (χ0) is 11.5. The van der Waals surface area contributed by atoms with Crippen LogP contribution in [0.4, 0.5) is 0 Å². The molecule has 0 aromatic heterocycles. The van der Waals surface area contributed by atoms with Crippen LogP contribution in [-0.2, 0) is 0 Å². The van der Waals surface area contributed by atoms with Crippen LogP contribution in [0.25, 0.3) is 11.1 Å². The summed E-state index contributed by atoms with van der Waals surface area (Å²) in [6.07, 6.45) is 0.836. The van der Waals surface area contributed by atoms with Crippen molar-refractivity contribution in [3.05, 3.63) is 57.0 Å². The number of carbonyl (C=O) groups is 1. The quantitative estimate of drug-likeness (QED) is 0.725. The molecule has 2 rings (SSSR count). The number of benzene rings is 2. The first-order valence-electron chi connectivity index (χ1n) is 4.72. The molecule has 0 radical (unpaired) electrons. The summed E-state index contributed by atoms with van der Waals surface area (Å²) in [6, 6.07) is 13.9. The molecule has 80 valence electrons. The molecular formula is C13H8Br2O. The number of carbonyl (C=O) groups excluding carboxylic acids is 1. The van der Waals surface area contributed by atoms with Crippen LogP contribution in [-0.4, -0.2) is 6.29 Å². The normalized spacial score (nSPS) is 10.1. The fraction of sp³-hybridized carbons (Fsp3) is 0. The summed E-state index contributed by atoms with van der Waals surface area (Å²) < 4.78 is 1.60. The van der Waals surface area contributed by atoms with Gasteiger partial charge in [0.05, 0.1) is 0 Å². The minimum atomic E-state index is 0.639. The average Bonchev–Trinajstić information content (AvgIpc) is 2.30. The number of rotatable bonds is 2. The van der Waals surface area contributed by atoms with Crippen LogP contribution in [0.2, 0.25) is 0 Å². The SMILES string of the molecule is O=Cc1c(Br)cc(-c2ccccc2)cc1Br. The molecular weight excluding hydrogens is 332 g/mol. The zero-order valence-electron chi connectivity index (χ0n) is 8.28. The van der Waals surface area contributed by atoms with Crippen molar-refractivity contribution in [2.75, 3.05) is 0 Å². The van der Waals surface area contributed by atoms with Crippen molar-refractivity contribution in [1.29, 1.82) is 0 Å². The van der Waals surface area contributed by atoms with E-state index in [1.165, 1.54) is 0 Å². The van der Waals surface area contributed by atoms with Crippen molar-refractivity contribution in [2.24, 2.45) is 0 Å². The van der Waals surface area contributed by atoms with E-state index >= 15 is 0 Å². The van der Waals surface area contributed by atoms with Gasteiger partial charge in [0.15, 0.2) is 6.29 Å². The van der Waals surface area contributed by atoms with Crippen LogP contribution in [0.3, 0.4) is 0 Å². The van der Waals surface area contributed by atoms with Crippen molar-refractivity contribution in [3.63, 3.8) is 0 Å². The van der Waals surface area contributed by atoms with E-state index in [4.69, 9.17) is 0 Å². The highest BCUT2D eigenvalue weighted by Gasteiger charge is 2.07. The van der Waals surface area contributed by atoms with E-state index in [-0.39, 0.29) is 0 Å². The lowest BCUT2D eigenvalue weighted by molar-refractivity contribution is 0.112. The van der Waals surface area contributed by atoms with Crippen LogP contribution in [0, 0.1) is 0 Å². The third-order valence-corrected chi connectivity index (χ3v) is 3.62. The molecule has 0 aliphatic rings. The first-order chi connectivity index (χ1) is 7.72. The summed E-state index contributed by atoms with van der Waals surface area (Å²) in [5, 5.41) is 0. The van der Waals surface area contributed by atoms with E-state index in [0.29, 0.717) is 5.56 Å². The standard InChI is InChI=1S/C13H8Br2O/c14-12-6-10(7-13(15)11(12)8-16)9-4-2-1-3-5-9/h1-8H. The second-order valence-electron chi connectivity index (χ2n) is 3.34. The third kappa shape index (κ3) is 2.25. The molecule has 0 saturated carbocycles. The second-order valence-corrected chi connectivity index (χ2v) is 5.05. The molecule has 0 aliphatic carbocycles. The predicted octanol–water partition coefficient (Wildman–Crippen LogP) is 4.69. The number of aldehydes is 1. The molecule has 0 amide bonds. The molecule has 2 aromatic carbocycles. The molecule has 0 fully saturated rings. The van der Waals surface area contributed by atoms with Gasteiger partial charge in [-0.15, -0.1) is 0 Å². The van der Waals surface area contributed by atoms with E-state index < -0.39 is 0 Å². The van der Waals surface area contributed by atoms with Gasteiger partial charge in [0.1, 0.15) is 0 Å². The summed E-state index contributed by atoms with van der Waals surface area (Å²) in [5.41, 5.74) is 2.84. The smallest absolute Gasteiger partial charge is 0.152 e. The molecule has 0 bridgehead atoms. The van der Waals surface area contributed by atoms with E-state index in [0.717, 1.165) is 26.4 Å². The molecule has 0 heterocycles. The van der Waals surface area contributed by atoms with Crippen molar-refractivity contribution in [1.82, 2.24) is 0 Å². The van der Waals surface area contributed by atoms with Gasteiger partial charge < -0.3 is 0 Å². The summed E-state index contributed by atoms with van der Waals surface area (Å²) >= 11 is 6.79. The predicted molar refractivity (Wildman–Crippen MR) is 72.7 cm³/mol. The van der Waals surface area contributed by atoms with Gasteiger partial charge in [-0.3, -0.25) is 4.79 Å². The topological polar surface area (TPSA) is 17.1 Å². The fourth-order valence-corrected chi connectivity index (χ4v) is 2.87. The minimum absolute atomic E-state index is 0.639. The molecule has 0 atom stereocenters. The van der Waals surface area contributed by atoms with Crippen molar-refractivity contribution < 1.29 is 4.79 Å². The Morgan fingerprint density at radius 1 is 0.875 bits per heavy atom. The first kappa shape index (κ1) is 11.6. The third-order valence-electron chi connectivity index (χ3n) is 2.30. The van der Waals surface area contributed by atoms with E-state index in [1.807, 2.05) is 42.5 Å². The molecule has 16 heavy (non-hydrogen) atoms. The van der Waals surface area contributed by atoms with E-state index in [9.17, 15) is 4.79 Å². The number of hydrogen-bond donors (Lipinski definition) is 0. The maximum absolute atomic E-state index is 10.8. The van der Waals surface area contributed by atoms with Gasteiger partial charge in [-0.1, -0.05) is 30.3 Å². The largest absolute Gasteiger partial charge is 0.298 e. The van der Waals surface area contributed by atoms with Crippen molar-refractivity contribution >= 4 is 38.1 Å². The maximum atomic E-state index is 10.8. The number of halogens is 2. The van der Waals surface area contributed by atoms with Gasteiger partial charge in [0.2, 0.25) is 0 Å². The average molecular weight is 340 g/mol. The van der Waals surface area contributed by atoms with Gasteiger partial charge in [0, 0.05) is 14.5 Å². The molecule has 0 N–H and O–H groups in total. The van der Waals surface area contributed by atoms with E-state index in [1.54, 1.807) is 0 Å². The monoisotopic (exact) mass is 338 g/mol. The summed E-state index contributed by atoms with van der Waals surface area (Å²) in [7, 11) is 0. The first-order valence-corrected chi connectivity index (χ1v) is 6.30. The summed E-state index contributed by atoms with van der Waals surface area (Å²) in [5.74, 6) is 0. The lowest BCUT2D eigenvalue weighted by Crippen LogP contribution is -1.87. The van der Waals surface area contributed by atoms with Gasteiger partial charge in [-0.25, -0.2) is 0 Å². The minimum Gasteiger partial charge on any atom is -0.298 e. The molecule has 0 saturated heterocycles. The lowest BCUT2D eigenvalue weighted by Gasteiger charge is -2.06. The highest BCUT2D eigenvalue weighted by molar-refractivity contribution is 9.11. The van der Waals surface area contributed by atoms with Crippen molar-refractivity contribution in [3.8, 4) is 11.1 Å². The Balaban J connectivity index is 2.57. The van der Waals surface area contributed by atoms with Gasteiger partial charge >= 0.3 is 0 Å². The van der Waals surface area contributed by atoms with Crippen LogP contribution < -0.4 is 0 Å². The molecule has 0 unspecified atom stereocenters. The lowest BCUT2D eigenvalue weighted by atomic mass is 10.0. The maximum Gasteiger partial charge on any atom is 0.152 e. The second kappa shape index (κ2) is 4.93. The molecule has 0 spiro atoms. The molecule has 3 heteroatoms. The van der Waals surface area contributed by atoms with E-state index in [2.05, 4.69) is 31.9 Å². The molecule has 0 aliphatic heterocycles. The Morgan fingerprint density at radius 3 is 1.94 bits per heavy atom. The Bertz CT molecular complexity index is 498. The highest BCUT2D eigenvalue weighted by Crippen LogP contribution is 2.31. The number of hydrogen-bond acceptors (Lipinski definition) is 1. The van der Waals surface area contributed by atoms with Crippen molar-refractivity contribution in [2.45, 2.75) is 0 Å². The van der Waals surface area contributed by atoms with Gasteiger partial charge in [-0.2, -0.15) is 0 Å². The Morgan fingerprint density at radius 2 is 1.44 bits per heavy atom. The molecule has 2 aromatic rings. The van der Waals surface area contributed by atoms with Crippen LogP contribution >= 0.6 is 31.9 Å². The highest BCUT2D eigenvalue weighted by atomic mass is 79.9. The summed E-state index contributed by atoms with van der Waals surface area (Å²) in [6.45, 7) is 0. The Hall–Kier alpha value is -0.930. The van der Waals surface area contributed by atoms with Crippen LogP contribution in [0.15, 0.2) is 51.4 Å². The Labute approximate surface area is 111 Å². The summed E-state index contributed by atoms with van der Waals surface area (Å²) in [4.78, 5) is 10.8.